The Bertz CT molecular complexity index is 524. The predicted octanol–water partition coefficient (Wildman–Crippen LogP) is 3.81. The smallest absolute Gasteiger partial charge is 0.0898 e. The van der Waals surface area contributed by atoms with E-state index in [-0.39, 0.29) is 6.04 Å². The average Bonchev–Trinajstić information content (AvgIpc) is 2.84. The molecule has 0 fully saturated rings. The zero-order valence-electron chi connectivity index (χ0n) is 11.6. The van der Waals surface area contributed by atoms with Gasteiger partial charge in [0.25, 0.3) is 0 Å². The van der Waals surface area contributed by atoms with E-state index >= 15 is 0 Å². The molecule has 102 valence electrons. The van der Waals surface area contributed by atoms with Gasteiger partial charge in [-0.25, -0.2) is 4.98 Å². The molecule has 0 radical (unpaired) electrons. The van der Waals surface area contributed by atoms with Crippen LogP contribution in [-0.2, 0) is 11.2 Å². The van der Waals surface area contributed by atoms with E-state index in [1.165, 1.54) is 5.56 Å². The zero-order valence-corrected chi connectivity index (χ0v) is 12.5. The normalized spacial score (nSPS) is 12.4. The van der Waals surface area contributed by atoms with Gasteiger partial charge in [-0.15, -0.1) is 11.3 Å². The van der Waals surface area contributed by atoms with E-state index in [0.29, 0.717) is 0 Å². The Morgan fingerprint density at radius 3 is 2.84 bits per heavy atom. The quantitative estimate of drug-likeness (QED) is 0.871. The fourth-order valence-corrected chi connectivity index (χ4v) is 2.68. The Morgan fingerprint density at radius 1 is 1.37 bits per heavy atom. The molecule has 0 aliphatic heterocycles. The van der Waals surface area contributed by atoms with E-state index in [1.54, 1.807) is 18.4 Å². The van der Waals surface area contributed by atoms with Crippen LogP contribution in [0.2, 0.25) is 0 Å². The highest BCUT2D eigenvalue weighted by atomic mass is 32.1. The van der Waals surface area contributed by atoms with Crippen molar-refractivity contribution in [2.45, 2.75) is 26.3 Å². The van der Waals surface area contributed by atoms with Gasteiger partial charge < -0.3 is 10.1 Å². The van der Waals surface area contributed by atoms with Crippen LogP contribution < -0.4 is 5.32 Å². The molecule has 1 aromatic heterocycles. The van der Waals surface area contributed by atoms with Crippen LogP contribution in [0, 0.1) is 6.92 Å². The van der Waals surface area contributed by atoms with Gasteiger partial charge in [-0.3, -0.25) is 0 Å². The number of hydrogen-bond donors (Lipinski definition) is 1. The summed E-state index contributed by atoms with van der Waals surface area (Å²) in [6.45, 7) is 4.91. The molecule has 3 nitrogen and oxygen atoms in total. The molecule has 4 heteroatoms. The topological polar surface area (TPSA) is 34.1 Å². The Morgan fingerprint density at radius 2 is 2.16 bits per heavy atom. The molecule has 1 N–H and O–H groups in total. The van der Waals surface area contributed by atoms with Crippen molar-refractivity contribution in [2.24, 2.45) is 0 Å². The van der Waals surface area contributed by atoms with E-state index < -0.39 is 0 Å². The summed E-state index contributed by atoms with van der Waals surface area (Å²) in [6.07, 6.45) is 0.919. The van der Waals surface area contributed by atoms with Crippen molar-refractivity contribution in [1.29, 1.82) is 0 Å². The summed E-state index contributed by atoms with van der Waals surface area (Å²) in [6, 6.07) is 8.58. The molecule has 1 heterocycles. The van der Waals surface area contributed by atoms with E-state index in [4.69, 9.17) is 4.74 Å². The van der Waals surface area contributed by atoms with Gasteiger partial charge in [0.2, 0.25) is 0 Å². The molecule has 1 atom stereocenters. The number of nitrogens with one attached hydrogen (secondary N) is 1. The number of aryl methyl sites for hydroxylation is 1. The molecule has 19 heavy (non-hydrogen) atoms. The first-order valence-corrected chi connectivity index (χ1v) is 7.34. The second-order valence-electron chi connectivity index (χ2n) is 4.56. The lowest BCUT2D eigenvalue weighted by Crippen LogP contribution is -2.09. The Hall–Kier alpha value is -1.39. The second-order valence-corrected chi connectivity index (χ2v) is 5.62. The maximum atomic E-state index is 5.16. The van der Waals surface area contributed by atoms with Crippen molar-refractivity contribution in [3.8, 4) is 0 Å². The summed E-state index contributed by atoms with van der Waals surface area (Å²) in [5, 5.41) is 6.76. The van der Waals surface area contributed by atoms with Gasteiger partial charge in [-0.2, -0.15) is 0 Å². The van der Waals surface area contributed by atoms with Gasteiger partial charge in [-0.05, 0) is 31.9 Å². The minimum atomic E-state index is 0.216. The summed E-state index contributed by atoms with van der Waals surface area (Å²) >= 11 is 1.69. The van der Waals surface area contributed by atoms with Crippen molar-refractivity contribution in [2.75, 3.05) is 19.0 Å². The molecule has 0 saturated carbocycles. The number of hydrogen-bond acceptors (Lipinski definition) is 4. The third-order valence-corrected chi connectivity index (χ3v) is 3.84. The molecule has 0 spiro atoms. The van der Waals surface area contributed by atoms with Gasteiger partial charge >= 0.3 is 0 Å². The first-order chi connectivity index (χ1) is 9.20. The first-order valence-electron chi connectivity index (χ1n) is 6.46. The van der Waals surface area contributed by atoms with Crippen molar-refractivity contribution in [1.82, 2.24) is 4.98 Å². The van der Waals surface area contributed by atoms with Crippen LogP contribution in [0.1, 0.15) is 29.2 Å². The number of ether oxygens (including phenoxy) is 1. The molecule has 0 aliphatic rings. The van der Waals surface area contributed by atoms with Gasteiger partial charge in [0.1, 0.15) is 0 Å². The van der Waals surface area contributed by atoms with E-state index in [1.807, 2.05) is 6.92 Å². The van der Waals surface area contributed by atoms with Gasteiger partial charge in [0.05, 0.1) is 23.4 Å². The SMILES string of the molecule is COCCc1ccccc1NC(C)c1csc(C)n1. The number of nitrogens with zero attached hydrogens (tertiary/aromatic N) is 1. The van der Waals surface area contributed by atoms with Gasteiger partial charge in [0.15, 0.2) is 0 Å². The minimum Gasteiger partial charge on any atom is -0.384 e. The monoisotopic (exact) mass is 276 g/mol. The lowest BCUT2D eigenvalue weighted by Gasteiger charge is -2.16. The fraction of sp³-hybridized carbons (Fsp3) is 0.400. The maximum absolute atomic E-state index is 5.16. The highest BCUT2D eigenvalue weighted by Crippen LogP contribution is 2.23. The number of aromatic nitrogens is 1. The van der Waals surface area contributed by atoms with E-state index in [2.05, 4.69) is 46.9 Å². The summed E-state index contributed by atoms with van der Waals surface area (Å²) in [5.41, 5.74) is 3.55. The van der Waals surface area contributed by atoms with Crippen molar-refractivity contribution >= 4 is 17.0 Å². The fourth-order valence-electron chi connectivity index (χ4n) is 1.98. The van der Waals surface area contributed by atoms with E-state index in [9.17, 15) is 0 Å². The van der Waals surface area contributed by atoms with Gasteiger partial charge in [-0.1, -0.05) is 18.2 Å². The Balaban J connectivity index is 2.09. The van der Waals surface area contributed by atoms with Gasteiger partial charge in [0, 0.05) is 18.2 Å². The summed E-state index contributed by atoms with van der Waals surface area (Å²) < 4.78 is 5.16. The number of benzene rings is 1. The van der Waals surface area contributed by atoms with Crippen LogP contribution in [0.15, 0.2) is 29.6 Å². The van der Waals surface area contributed by atoms with Crippen LogP contribution in [0.4, 0.5) is 5.69 Å². The van der Waals surface area contributed by atoms with Crippen LogP contribution in [-0.4, -0.2) is 18.7 Å². The third kappa shape index (κ3) is 3.78. The number of para-hydroxylation sites is 1. The largest absolute Gasteiger partial charge is 0.384 e. The van der Waals surface area contributed by atoms with Crippen molar-refractivity contribution in [3.05, 3.63) is 45.9 Å². The standard InChI is InChI=1S/C15H20N2OS/c1-11(15-10-19-12(2)17-15)16-14-7-5-4-6-13(14)8-9-18-3/h4-7,10-11,16H,8-9H2,1-3H3. The molecule has 0 amide bonds. The Kier molecular flexibility index (Phi) is 4.93. The molecular weight excluding hydrogens is 256 g/mol. The summed E-state index contributed by atoms with van der Waals surface area (Å²) in [4.78, 5) is 4.53. The molecular formula is C15H20N2OS. The van der Waals surface area contributed by atoms with Crippen molar-refractivity contribution in [3.63, 3.8) is 0 Å². The maximum Gasteiger partial charge on any atom is 0.0898 e. The van der Waals surface area contributed by atoms with Crippen LogP contribution in [0.5, 0.6) is 0 Å². The third-order valence-electron chi connectivity index (χ3n) is 3.05. The number of methoxy groups -OCH3 is 1. The highest BCUT2D eigenvalue weighted by Gasteiger charge is 2.10. The first kappa shape index (κ1) is 14.0. The zero-order chi connectivity index (χ0) is 13.7. The Labute approximate surface area is 118 Å². The average molecular weight is 276 g/mol. The molecule has 0 aliphatic carbocycles. The van der Waals surface area contributed by atoms with Crippen LogP contribution >= 0.6 is 11.3 Å². The van der Waals surface area contributed by atoms with Crippen LogP contribution in [0.25, 0.3) is 0 Å². The number of rotatable bonds is 6. The second kappa shape index (κ2) is 6.68. The predicted molar refractivity (Wildman–Crippen MR) is 80.9 cm³/mol. The number of thiazole rings is 1. The summed E-state index contributed by atoms with van der Waals surface area (Å²) in [5.74, 6) is 0. The molecule has 0 bridgehead atoms. The molecule has 2 rings (SSSR count). The minimum absolute atomic E-state index is 0.216. The molecule has 2 aromatic rings. The number of anilines is 1. The highest BCUT2D eigenvalue weighted by molar-refractivity contribution is 7.09. The van der Waals surface area contributed by atoms with Crippen molar-refractivity contribution < 1.29 is 4.74 Å². The molecule has 1 unspecified atom stereocenters. The summed E-state index contributed by atoms with van der Waals surface area (Å²) in [7, 11) is 1.73. The molecule has 0 saturated heterocycles. The van der Waals surface area contributed by atoms with Crippen LogP contribution in [0.3, 0.4) is 0 Å². The van der Waals surface area contributed by atoms with E-state index in [0.717, 1.165) is 29.4 Å². The molecule has 1 aromatic carbocycles. The lowest BCUT2D eigenvalue weighted by atomic mass is 10.1. The lowest BCUT2D eigenvalue weighted by molar-refractivity contribution is 0.202.